The highest BCUT2D eigenvalue weighted by atomic mass is 16.3. The van der Waals surface area contributed by atoms with E-state index in [0.29, 0.717) is 30.0 Å². The molecule has 0 radical (unpaired) electrons. The van der Waals surface area contributed by atoms with Gasteiger partial charge in [-0.25, -0.2) is 4.98 Å². The molecule has 0 aliphatic heterocycles. The van der Waals surface area contributed by atoms with Gasteiger partial charge >= 0.3 is 0 Å². The number of anilines is 1. The zero-order valence-electron chi connectivity index (χ0n) is 11.5. The maximum Gasteiger partial charge on any atom is 0.222 e. The Morgan fingerprint density at radius 3 is 2.63 bits per heavy atom. The van der Waals surface area contributed by atoms with Crippen LogP contribution < -0.4 is 10.6 Å². The van der Waals surface area contributed by atoms with Crippen LogP contribution in [0.25, 0.3) is 0 Å². The molecule has 1 heterocycles. The molecular formula is C13H21N3O3. The summed E-state index contributed by atoms with van der Waals surface area (Å²) in [7, 11) is 1.79. The van der Waals surface area contributed by atoms with Crippen molar-refractivity contribution in [1.29, 1.82) is 0 Å². The standard InChI is InChI=1S/C13H21N3O3/c1-8-10(13(19)11(18)6-7-14-3)4-5-12(15-8)16-9(2)17/h4-5,11,13-14,18-19H,6-7H2,1-3H3,(H,15,16,17). The molecule has 106 valence electrons. The molecular weight excluding hydrogens is 246 g/mol. The molecule has 6 heteroatoms. The van der Waals surface area contributed by atoms with Crippen LogP contribution in [0, 0.1) is 6.92 Å². The van der Waals surface area contributed by atoms with E-state index in [2.05, 4.69) is 15.6 Å². The first kappa shape index (κ1) is 15.6. The summed E-state index contributed by atoms with van der Waals surface area (Å²) in [6, 6.07) is 3.28. The predicted octanol–water partition coefficient (Wildman–Crippen LogP) is 0.352. The van der Waals surface area contributed by atoms with Crippen LogP contribution in [-0.4, -0.2) is 40.8 Å². The summed E-state index contributed by atoms with van der Waals surface area (Å²) < 4.78 is 0. The number of carbonyl (C=O) groups is 1. The second-order valence-corrected chi connectivity index (χ2v) is 4.46. The van der Waals surface area contributed by atoms with Gasteiger partial charge in [0.25, 0.3) is 0 Å². The molecule has 0 saturated heterocycles. The van der Waals surface area contributed by atoms with Gasteiger partial charge in [0.15, 0.2) is 0 Å². The van der Waals surface area contributed by atoms with E-state index in [1.54, 1.807) is 26.1 Å². The maximum absolute atomic E-state index is 10.9. The van der Waals surface area contributed by atoms with Crippen molar-refractivity contribution in [1.82, 2.24) is 10.3 Å². The van der Waals surface area contributed by atoms with Crippen LogP contribution >= 0.6 is 0 Å². The van der Waals surface area contributed by atoms with Crippen molar-refractivity contribution in [3.05, 3.63) is 23.4 Å². The van der Waals surface area contributed by atoms with Gasteiger partial charge < -0.3 is 20.8 Å². The zero-order valence-corrected chi connectivity index (χ0v) is 11.5. The third kappa shape index (κ3) is 4.59. The normalized spacial score (nSPS) is 13.9. The van der Waals surface area contributed by atoms with E-state index in [-0.39, 0.29) is 5.91 Å². The number of aromatic nitrogens is 1. The fraction of sp³-hybridized carbons (Fsp3) is 0.538. The molecule has 0 saturated carbocycles. The smallest absolute Gasteiger partial charge is 0.222 e. The van der Waals surface area contributed by atoms with Crippen molar-refractivity contribution < 1.29 is 15.0 Å². The van der Waals surface area contributed by atoms with Crippen molar-refractivity contribution in [2.75, 3.05) is 18.9 Å². The van der Waals surface area contributed by atoms with Crippen LogP contribution in [0.2, 0.25) is 0 Å². The fourth-order valence-electron chi connectivity index (χ4n) is 1.79. The lowest BCUT2D eigenvalue weighted by Gasteiger charge is -2.19. The Bertz CT molecular complexity index is 437. The molecule has 0 spiro atoms. The van der Waals surface area contributed by atoms with E-state index in [1.165, 1.54) is 6.92 Å². The maximum atomic E-state index is 10.9. The topological polar surface area (TPSA) is 94.5 Å². The van der Waals surface area contributed by atoms with Crippen LogP contribution in [0.5, 0.6) is 0 Å². The van der Waals surface area contributed by atoms with Crippen LogP contribution in [0.15, 0.2) is 12.1 Å². The third-order valence-corrected chi connectivity index (χ3v) is 2.80. The Morgan fingerprint density at radius 2 is 2.11 bits per heavy atom. The molecule has 0 aliphatic carbocycles. The van der Waals surface area contributed by atoms with Crippen LogP contribution in [0.4, 0.5) is 5.82 Å². The summed E-state index contributed by atoms with van der Waals surface area (Å²) in [5.74, 6) is 0.236. The first-order chi connectivity index (χ1) is 8.95. The highest BCUT2D eigenvalue weighted by Crippen LogP contribution is 2.22. The number of carbonyl (C=O) groups excluding carboxylic acids is 1. The van der Waals surface area contributed by atoms with E-state index >= 15 is 0 Å². The van der Waals surface area contributed by atoms with Crippen molar-refractivity contribution in [3.63, 3.8) is 0 Å². The molecule has 1 amide bonds. The van der Waals surface area contributed by atoms with E-state index < -0.39 is 12.2 Å². The van der Waals surface area contributed by atoms with Gasteiger partial charge in [-0.2, -0.15) is 0 Å². The van der Waals surface area contributed by atoms with E-state index in [9.17, 15) is 15.0 Å². The van der Waals surface area contributed by atoms with Gasteiger partial charge in [-0.05, 0) is 33.0 Å². The SMILES string of the molecule is CNCCC(O)C(O)c1ccc(NC(C)=O)nc1C. The molecule has 0 aromatic carbocycles. The summed E-state index contributed by atoms with van der Waals surface area (Å²) in [4.78, 5) is 15.1. The second kappa shape index (κ2) is 7.18. The van der Waals surface area contributed by atoms with E-state index in [1.807, 2.05) is 0 Å². The minimum Gasteiger partial charge on any atom is -0.390 e. The highest BCUT2D eigenvalue weighted by Gasteiger charge is 2.20. The van der Waals surface area contributed by atoms with Crippen molar-refractivity contribution in [2.24, 2.45) is 0 Å². The van der Waals surface area contributed by atoms with E-state index in [0.717, 1.165) is 0 Å². The molecule has 0 bridgehead atoms. The monoisotopic (exact) mass is 267 g/mol. The van der Waals surface area contributed by atoms with E-state index in [4.69, 9.17) is 0 Å². The molecule has 1 rings (SSSR count). The van der Waals surface area contributed by atoms with Gasteiger partial charge in [-0.1, -0.05) is 6.07 Å². The Kier molecular flexibility index (Phi) is 5.88. The highest BCUT2D eigenvalue weighted by molar-refractivity contribution is 5.87. The molecule has 4 N–H and O–H groups in total. The number of nitrogens with zero attached hydrogens (tertiary/aromatic N) is 1. The predicted molar refractivity (Wildman–Crippen MR) is 72.8 cm³/mol. The number of rotatable bonds is 6. The minimum atomic E-state index is -0.979. The molecule has 6 nitrogen and oxygen atoms in total. The number of pyridine rings is 1. The van der Waals surface area contributed by atoms with Crippen molar-refractivity contribution >= 4 is 11.7 Å². The first-order valence-electron chi connectivity index (χ1n) is 6.21. The van der Waals surface area contributed by atoms with Crippen LogP contribution in [-0.2, 0) is 4.79 Å². The zero-order chi connectivity index (χ0) is 14.4. The first-order valence-corrected chi connectivity index (χ1v) is 6.21. The quantitative estimate of drug-likeness (QED) is 0.597. The Morgan fingerprint density at radius 1 is 1.42 bits per heavy atom. The van der Waals surface area contributed by atoms with Gasteiger partial charge in [0.1, 0.15) is 11.9 Å². The average Bonchev–Trinajstić information content (AvgIpc) is 2.34. The Balaban J connectivity index is 2.80. The third-order valence-electron chi connectivity index (χ3n) is 2.80. The van der Waals surface area contributed by atoms with Crippen LogP contribution in [0.3, 0.4) is 0 Å². The summed E-state index contributed by atoms with van der Waals surface area (Å²) >= 11 is 0. The van der Waals surface area contributed by atoms with Gasteiger partial charge in [-0.15, -0.1) is 0 Å². The Labute approximate surface area is 112 Å². The Hall–Kier alpha value is -1.50. The number of aliphatic hydroxyl groups excluding tert-OH is 2. The van der Waals surface area contributed by atoms with Crippen LogP contribution in [0.1, 0.15) is 30.7 Å². The van der Waals surface area contributed by atoms with Gasteiger partial charge in [0.2, 0.25) is 5.91 Å². The average molecular weight is 267 g/mol. The molecule has 2 atom stereocenters. The van der Waals surface area contributed by atoms with Gasteiger partial charge in [0.05, 0.1) is 6.10 Å². The molecule has 0 aliphatic rings. The molecule has 2 unspecified atom stereocenters. The second-order valence-electron chi connectivity index (χ2n) is 4.46. The van der Waals surface area contributed by atoms with Gasteiger partial charge in [0, 0.05) is 18.2 Å². The number of aryl methyl sites for hydroxylation is 1. The summed E-state index contributed by atoms with van der Waals surface area (Å²) in [5.41, 5.74) is 1.15. The fourth-order valence-corrected chi connectivity index (χ4v) is 1.79. The van der Waals surface area contributed by atoms with Crippen molar-refractivity contribution in [2.45, 2.75) is 32.5 Å². The number of hydrogen-bond acceptors (Lipinski definition) is 5. The van der Waals surface area contributed by atoms with Gasteiger partial charge in [-0.3, -0.25) is 4.79 Å². The number of aliphatic hydroxyl groups is 2. The number of amides is 1. The lowest BCUT2D eigenvalue weighted by molar-refractivity contribution is -0.114. The summed E-state index contributed by atoms with van der Waals surface area (Å²) in [5, 5.41) is 25.4. The molecule has 1 aromatic rings. The lowest BCUT2D eigenvalue weighted by Crippen LogP contribution is -2.24. The number of nitrogens with one attached hydrogen (secondary N) is 2. The summed E-state index contributed by atoms with van der Waals surface area (Å²) in [6.07, 6.45) is -1.38. The summed E-state index contributed by atoms with van der Waals surface area (Å²) in [6.45, 7) is 3.75. The number of hydrogen-bond donors (Lipinski definition) is 4. The molecule has 19 heavy (non-hydrogen) atoms. The van der Waals surface area contributed by atoms with Crippen molar-refractivity contribution in [3.8, 4) is 0 Å². The molecule has 1 aromatic heterocycles. The minimum absolute atomic E-state index is 0.200. The largest absolute Gasteiger partial charge is 0.390 e. The lowest BCUT2D eigenvalue weighted by atomic mass is 10.0. The molecule has 0 fully saturated rings.